The zero-order chi connectivity index (χ0) is 13.1. The molecule has 0 unspecified atom stereocenters. The van der Waals surface area contributed by atoms with Crippen LogP contribution in [0, 0.1) is 0 Å². The molecule has 2 amide bonds. The number of halogens is 1. The molecule has 0 bridgehead atoms. The van der Waals surface area contributed by atoms with Gasteiger partial charge in [-0.2, -0.15) is 0 Å². The van der Waals surface area contributed by atoms with Crippen LogP contribution in [0.15, 0.2) is 18.2 Å². The van der Waals surface area contributed by atoms with Crippen LogP contribution < -0.4 is 15.0 Å². The van der Waals surface area contributed by atoms with Crippen molar-refractivity contribution in [1.82, 2.24) is 5.32 Å². The van der Waals surface area contributed by atoms with Crippen molar-refractivity contribution in [1.29, 1.82) is 0 Å². The van der Waals surface area contributed by atoms with E-state index < -0.39 is 0 Å². The minimum absolute atomic E-state index is 0.00757. The summed E-state index contributed by atoms with van der Waals surface area (Å²) in [6.45, 7) is 0.309. The summed E-state index contributed by atoms with van der Waals surface area (Å²) in [5.41, 5.74) is 0.567. The predicted molar refractivity (Wildman–Crippen MR) is 68.0 cm³/mol. The molecule has 0 aliphatic carbocycles. The molecule has 1 saturated heterocycles. The van der Waals surface area contributed by atoms with E-state index in [4.69, 9.17) is 16.3 Å². The highest BCUT2D eigenvalue weighted by atomic mass is 35.5. The van der Waals surface area contributed by atoms with Crippen LogP contribution in [-0.4, -0.2) is 32.0 Å². The minimum atomic E-state index is -0.184. The number of hydrogen-bond acceptors (Lipinski definition) is 3. The predicted octanol–water partition coefficient (Wildman–Crippen LogP) is 1.20. The average Bonchev–Trinajstić information content (AvgIpc) is 2.53. The summed E-state index contributed by atoms with van der Waals surface area (Å²) in [5.74, 6) is 0.298. The first-order chi connectivity index (χ1) is 8.61. The number of ether oxygens (including phenoxy) is 1. The monoisotopic (exact) mass is 268 g/mol. The summed E-state index contributed by atoms with van der Waals surface area (Å²) in [6, 6.07) is 5.08. The largest absolute Gasteiger partial charge is 0.497 e. The minimum Gasteiger partial charge on any atom is -0.497 e. The van der Waals surface area contributed by atoms with E-state index >= 15 is 0 Å². The smallest absolute Gasteiger partial charge is 0.246 e. The number of amides is 2. The molecule has 1 aromatic rings. The number of anilines is 1. The molecular formula is C12H13ClN2O3. The molecule has 1 aromatic carbocycles. The fraction of sp³-hybridized carbons (Fsp3) is 0.333. The number of nitrogens with zero attached hydrogens (tertiary/aromatic N) is 1. The summed E-state index contributed by atoms with van der Waals surface area (Å²) in [6.07, 6.45) is 0.263. The molecule has 0 radical (unpaired) electrons. The molecule has 2 rings (SSSR count). The second-order valence-electron chi connectivity index (χ2n) is 3.89. The molecule has 0 atom stereocenters. The molecule has 0 aromatic heterocycles. The van der Waals surface area contributed by atoms with Gasteiger partial charge in [0, 0.05) is 19.0 Å². The van der Waals surface area contributed by atoms with Gasteiger partial charge < -0.3 is 15.0 Å². The molecule has 1 N–H and O–H groups in total. The van der Waals surface area contributed by atoms with E-state index in [-0.39, 0.29) is 24.8 Å². The van der Waals surface area contributed by atoms with E-state index in [2.05, 4.69) is 5.32 Å². The Morgan fingerprint density at radius 1 is 1.39 bits per heavy atom. The number of carbonyl (C=O) groups is 2. The highest BCUT2D eigenvalue weighted by Gasteiger charge is 2.23. The summed E-state index contributed by atoms with van der Waals surface area (Å²) >= 11 is 6.09. The molecule has 96 valence electrons. The summed E-state index contributed by atoms with van der Waals surface area (Å²) < 4.78 is 5.11. The van der Waals surface area contributed by atoms with Crippen molar-refractivity contribution in [2.75, 3.05) is 25.1 Å². The summed E-state index contributed by atoms with van der Waals surface area (Å²) in [7, 11) is 1.54. The second-order valence-corrected chi connectivity index (χ2v) is 4.30. The van der Waals surface area contributed by atoms with Crippen LogP contribution in [0.4, 0.5) is 5.69 Å². The quantitative estimate of drug-likeness (QED) is 0.877. The van der Waals surface area contributed by atoms with E-state index in [1.807, 2.05) is 0 Å². The molecular weight excluding hydrogens is 256 g/mol. The van der Waals surface area contributed by atoms with E-state index in [9.17, 15) is 9.59 Å². The van der Waals surface area contributed by atoms with Crippen LogP contribution in [0.1, 0.15) is 6.42 Å². The number of carbonyl (C=O) groups excluding carboxylic acids is 2. The zero-order valence-corrected chi connectivity index (χ0v) is 10.7. The SMILES string of the molecule is COc1ccc(Cl)c(N2CCC(=O)NCC2=O)c1. The normalized spacial score (nSPS) is 16.2. The van der Waals surface area contributed by atoms with Gasteiger partial charge in [-0.3, -0.25) is 9.59 Å². The lowest BCUT2D eigenvalue weighted by Gasteiger charge is -2.21. The van der Waals surface area contributed by atoms with Gasteiger partial charge in [-0.15, -0.1) is 0 Å². The van der Waals surface area contributed by atoms with Crippen LogP contribution >= 0.6 is 11.6 Å². The third-order valence-corrected chi connectivity index (χ3v) is 3.06. The van der Waals surface area contributed by atoms with E-state index in [1.54, 1.807) is 25.3 Å². The molecule has 18 heavy (non-hydrogen) atoms. The van der Waals surface area contributed by atoms with Crippen molar-refractivity contribution < 1.29 is 14.3 Å². The van der Waals surface area contributed by atoms with Crippen LogP contribution in [0.3, 0.4) is 0 Å². The maximum atomic E-state index is 11.9. The highest BCUT2D eigenvalue weighted by molar-refractivity contribution is 6.34. The first-order valence-electron chi connectivity index (χ1n) is 5.52. The maximum absolute atomic E-state index is 11.9. The Hall–Kier alpha value is -1.75. The van der Waals surface area contributed by atoms with Crippen molar-refractivity contribution in [3.8, 4) is 5.75 Å². The standard InChI is InChI=1S/C12H13ClN2O3/c1-18-8-2-3-9(13)10(6-8)15-5-4-11(16)14-7-12(15)17/h2-3,6H,4-5,7H2,1H3,(H,14,16). The van der Waals surface area contributed by atoms with E-state index in [0.29, 0.717) is 23.0 Å². The van der Waals surface area contributed by atoms with Crippen molar-refractivity contribution in [3.05, 3.63) is 23.2 Å². The van der Waals surface area contributed by atoms with Gasteiger partial charge in [0.15, 0.2) is 0 Å². The van der Waals surface area contributed by atoms with Crippen LogP contribution in [0.2, 0.25) is 5.02 Å². The van der Waals surface area contributed by atoms with Crippen molar-refractivity contribution in [2.24, 2.45) is 0 Å². The molecule has 5 nitrogen and oxygen atoms in total. The Morgan fingerprint density at radius 2 is 2.17 bits per heavy atom. The van der Waals surface area contributed by atoms with Gasteiger partial charge in [0.2, 0.25) is 11.8 Å². The first kappa shape index (κ1) is 12.7. The third-order valence-electron chi connectivity index (χ3n) is 2.74. The Labute approximate surface area is 110 Å². The zero-order valence-electron chi connectivity index (χ0n) is 9.90. The number of methoxy groups -OCH3 is 1. The Morgan fingerprint density at radius 3 is 2.89 bits per heavy atom. The number of benzene rings is 1. The highest BCUT2D eigenvalue weighted by Crippen LogP contribution is 2.30. The number of hydrogen-bond donors (Lipinski definition) is 1. The Kier molecular flexibility index (Phi) is 3.72. The van der Waals surface area contributed by atoms with Crippen LogP contribution in [0.25, 0.3) is 0 Å². The average molecular weight is 269 g/mol. The van der Waals surface area contributed by atoms with Crippen molar-refractivity contribution in [3.63, 3.8) is 0 Å². The summed E-state index contributed by atoms with van der Waals surface area (Å²) in [5, 5.41) is 2.99. The molecule has 1 aliphatic rings. The van der Waals surface area contributed by atoms with Crippen LogP contribution in [0.5, 0.6) is 5.75 Å². The van der Waals surface area contributed by atoms with E-state index in [0.717, 1.165) is 0 Å². The molecule has 0 saturated carbocycles. The fourth-order valence-electron chi connectivity index (χ4n) is 1.78. The van der Waals surface area contributed by atoms with Crippen molar-refractivity contribution in [2.45, 2.75) is 6.42 Å². The van der Waals surface area contributed by atoms with Gasteiger partial charge in [-0.1, -0.05) is 11.6 Å². The molecule has 0 spiro atoms. The van der Waals surface area contributed by atoms with Gasteiger partial charge in [0.1, 0.15) is 5.75 Å². The van der Waals surface area contributed by atoms with Gasteiger partial charge in [-0.05, 0) is 12.1 Å². The lowest BCUT2D eigenvalue weighted by molar-refractivity contribution is -0.123. The topological polar surface area (TPSA) is 58.6 Å². The molecule has 6 heteroatoms. The molecule has 1 heterocycles. The maximum Gasteiger partial charge on any atom is 0.246 e. The van der Waals surface area contributed by atoms with Gasteiger partial charge >= 0.3 is 0 Å². The molecule has 1 fully saturated rings. The van der Waals surface area contributed by atoms with Crippen LogP contribution in [-0.2, 0) is 9.59 Å². The second kappa shape index (κ2) is 5.27. The lowest BCUT2D eigenvalue weighted by atomic mass is 10.2. The molecule has 1 aliphatic heterocycles. The number of nitrogens with one attached hydrogen (secondary N) is 1. The third kappa shape index (κ3) is 2.56. The number of rotatable bonds is 2. The first-order valence-corrected chi connectivity index (χ1v) is 5.90. The van der Waals surface area contributed by atoms with E-state index in [1.165, 1.54) is 4.90 Å². The van der Waals surface area contributed by atoms with Gasteiger partial charge in [-0.25, -0.2) is 0 Å². The fourth-order valence-corrected chi connectivity index (χ4v) is 2.00. The Bertz CT molecular complexity index is 490. The Balaban J connectivity index is 2.34. The van der Waals surface area contributed by atoms with Crippen molar-refractivity contribution >= 4 is 29.1 Å². The van der Waals surface area contributed by atoms with Gasteiger partial charge in [0.25, 0.3) is 0 Å². The summed E-state index contributed by atoms with van der Waals surface area (Å²) in [4.78, 5) is 24.7. The lowest BCUT2D eigenvalue weighted by Crippen LogP contribution is -2.35. The van der Waals surface area contributed by atoms with Gasteiger partial charge in [0.05, 0.1) is 24.4 Å².